The molecule has 0 nitrogen and oxygen atoms in total. The molecule has 1 heteroatoms. The van der Waals surface area contributed by atoms with Gasteiger partial charge in [0, 0.05) is 0 Å². The summed E-state index contributed by atoms with van der Waals surface area (Å²) in [6.07, 6.45) is 2.56. The van der Waals surface area contributed by atoms with Crippen LogP contribution in [0.3, 0.4) is 0 Å². The van der Waals surface area contributed by atoms with Crippen molar-refractivity contribution in [1.82, 2.24) is 0 Å². The lowest BCUT2D eigenvalue weighted by Crippen LogP contribution is -2.20. The van der Waals surface area contributed by atoms with E-state index in [0.29, 0.717) is 0 Å². The summed E-state index contributed by atoms with van der Waals surface area (Å²) in [5, 5.41) is 0. The van der Waals surface area contributed by atoms with E-state index in [9.17, 15) is 0 Å². The lowest BCUT2D eigenvalue weighted by molar-refractivity contribution is 0.531. The summed E-state index contributed by atoms with van der Waals surface area (Å²) in [6.45, 7) is 16.6. The fourth-order valence-electron chi connectivity index (χ4n) is 1.74. The summed E-state index contributed by atoms with van der Waals surface area (Å²) in [5.74, 6) is 1.55. The largest absolute Gasteiger partial charge is 0.0953 e. The quantitative estimate of drug-likeness (QED) is 0.570. The maximum atomic E-state index is 2.62. The monoisotopic (exact) mass is 212 g/mol. The van der Waals surface area contributed by atoms with Gasteiger partial charge in [-0.15, -0.1) is 0 Å². The highest BCUT2D eigenvalue weighted by Gasteiger charge is 2.17. The summed E-state index contributed by atoms with van der Waals surface area (Å²) in [5.41, 5.74) is 4.34. The summed E-state index contributed by atoms with van der Waals surface area (Å²) in [6, 6.07) is 0. The lowest BCUT2D eigenvalue weighted by atomic mass is 9.88. The van der Waals surface area contributed by atoms with Gasteiger partial charge in [-0.1, -0.05) is 58.6 Å². The van der Waals surface area contributed by atoms with Crippen LogP contribution in [0.2, 0.25) is 19.6 Å². The standard InChI is InChI=1S/C13H28Si/c1-8-11(3)13(12(4)9-2)10-14(5,6)7/h10-12H,8-9H2,1-7H3. The molecule has 0 spiro atoms. The molecule has 0 aromatic carbocycles. The molecule has 2 atom stereocenters. The molecule has 14 heavy (non-hydrogen) atoms. The summed E-state index contributed by atoms with van der Waals surface area (Å²) < 4.78 is 0. The SMILES string of the molecule is CCC(C)C(=C[Si](C)(C)C)C(C)CC. The molecular formula is C13H28Si. The molecule has 0 aromatic heterocycles. The van der Waals surface area contributed by atoms with E-state index >= 15 is 0 Å². The highest BCUT2D eigenvalue weighted by atomic mass is 28.3. The second-order valence-corrected chi connectivity index (χ2v) is 10.6. The Bertz CT molecular complexity index is 174. The van der Waals surface area contributed by atoms with E-state index in [1.54, 1.807) is 5.57 Å². The minimum absolute atomic E-state index is 0.775. The second kappa shape index (κ2) is 5.74. The molecular weight excluding hydrogens is 184 g/mol. The smallest absolute Gasteiger partial charge is 0.0686 e. The van der Waals surface area contributed by atoms with Gasteiger partial charge >= 0.3 is 0 Å². The first kappa shape index (κ1) is 14.0. The average molecular weight is 212 g/mol. The van der Waals surface area contributed by atoms with E-state index in [1.807, 2.05) is 0 Å². The van der Waals surface area contributed by atoms with Gasteiger partial charge in [0.05, 0.1) is 8.07 Å². The van der Waals surface area contributed by atoms with E-state index in [4.69, 9.17) is 0 Å². The van der Waals surface area contributed by atoms with Crippen LogP contribution in [-0.4, -0.2) is 8.07 Å². The molecule has 0 rings (SSSR count). The van der Waals surface area contributed by atoms with Crippen LogP contribution in [0.25, 0.3) is 0 Å². The zero-order chi connectivity index (χ0) is 11.4. The van der Waals surface area contributed by atoms with Gasteiger partial charge in [-0.2, -0.15) is 0 Å². The molecule has 0 saturated heterocycles. The molecule has 0 aliphatic rings. The van der Waals surface area contributed by atoms with Gasteiger partial charge in [0.15, 0.2) is 0 Å². The van der Waals surface area contributed by atoms with Gasteiger partial charge in [-0.25, -0.2) is 0 Å². The summed E-state index contributed by atoms with van der Waals surface area (Å²) in [7, 11) is -1.04. The molecule has 0 heterocycles. The maximum absolute atomic E-state index is 2.62. The lowest BCUT2D eigenvalue weighted by Gasteiger charge is -2.24. The van der Waals surface area contributed by atoms with Gasteiger partial charge in [0.2, 0.25) is 0 Å². The Kier molecular flexibility index (Phi) is 5.73. The third kappa shape index (κ3) is 4.99. The predicted molar refractivity (Wildman–Crippen MR) is 70.3 cm³/mol. The van der Waals surface area contributed by atoms with E-state index in [-0.39, 0.29) is 0 Å². The molecule has 0 amide bonds. The van der Waals surface area contributed by atoms with Crippen molar-refractivity contribution in [3.8, 4) is 0 Å². The molecule has 0 N–H and O–H groups in total. The fraction of sp³-hybridized carbons (Fsp3) is 0.846. The highest BCUT2D eigenvalue weighted by Crippen LogP contribution is 2.27. The fourth-order valence-corrected chi connectivity index (χ4v) is 3.31. The Morgan fingerprint density at radius 2 is 1.36 bits per heavy atom. The Balaban J connectivity index is 4.81. The Hall–Kier alpha value is -0.0431. The molecule has 2 unspecified atom stereocenters. The molecule has 0 saturated carbocycles. The van der Waals surface area contributed by atoms with Gasteiger partial charge in [-0.3, -0.25) is 0 Å². The molecule has 0 radical (unpaired) electrons. The van der Waals surface area contributed by atoms with Crippen LogP contribution in [0.5, 0.6) is 0 Å². The van der Waals surface area contributed by atoms with Crippen molar-refractivity contribution in [2.45, 2.75) is 60.2 Å². The van der Waals surface area contributed by atoms with Crippen molar-refractivity contribution >= 4 is 8.07 Å². The first-order valence-corrected chi connectivity index (χ1v) is 9.62. The average Bonchev–Trinajstić information content (AvgIpc) is 2.10. The first-order chi connectivity index (χ1) is 6.31. The third-order valence-corrected chi connectivity index (χ3v) is 4.16. The molecule has 0 aromatic rings. The van der Waals surface area contributed by atoms with Gasteiger partial charge in [-0.05, 0) is 24.7 Å². The van der Waals surface area contributed by atoms with E-state index in [1.165, 1.54) is 12.8 Å². The summed E-state index contributed by atoms with van der Waals surface area (Å²) >= 11 is 0. The van der Waals surface area contributed by atoms with E-state index in [0.717, 1.165) is 11.8 Å². The Labute approximate surface area is 91.8 Å². The predicted octanol–water partition coefficient (Wildman–Crippen LogP) is 4.88. The van der Waals surface area contributed by atoms with Crippen LogP contribution in [0, 0.1) is 11.8 Å². The van der Waals surface area contributed by atoms with Gasteiger partial charge in [0.1, 0.15) is 0 Å². The van der Waals surface area contributed by atoms with Crippen molar-refractivity contribution in [3.63, 3.8) is 0 Å². The molecule has 0 fully saturated rings. The zero-order valence-electron chi connectivity index (χ0n) is 11.1. The molecule has 0 aliphatic carbocycles. The molecule has 84 valence electrons. The van der Waals surface area contributed by atoms with Crippen molar-refractivity contribution in [2.24, 2.45) is 11.8 Å². The van der Waals surface area contributed by atoms with Crippen LogP contribution in [-0.2, 0) is 0 Å². The van der Waals surface area contributed by atoms with Crippen LogP contribution < -0.4 is 0 Å². The zero-order valence-corrected chi connectivity index (χ0v) is 12.1. The minimum Gasteiger partial charge on any atom is -0.0953 e. The number of allylic oxidation sites excluding steroid dienone is 1. The number of hydrogen-bond donors (Lipinski definition) is 0. The van der Waals surface area contributed by atoms with Crippen LogP contribution >= 0.6 is 0 Å². The Morgan fingerprint density at radius 3 is 1.57 bits per heavy atom. The number of hydrogen-bond acceptors (Lipinski definition) is 0. The van der Waals surface area contributed by atoms with E-state index < -0.39 is 8.07 Å². The van der Waals surface area contributed by atoms with Crippen LogP contribution in [0.4, 0.5) is 0 Å². The van der Waals surface area contributed by atoms with Crippen molar-refractivity contribution < 1.29 is 0 Å². The number of rotatable bonds is 5. The van der Waals surface area contributed by atoms with E-state index in [2.05, 4.69) is 53.0 Å². The third-order valence-electron chi connectivity index (χ3n) is 2.96. The Morgan fingerprint density at radius 1 is 1.00 bits per heavy atom. The molecule has 0 aliphatic heterocycles. The van der Waals surface area contributed by atoms with Crippen LogP contribution in [0.15, 0.2) is 11.3 Å². The topological polar surface area (TPSA) is 0 Å². The minimum atomic E-state index is -1.04. The van der Waals surface area contributed by atoms with Crippen molar-refractivity contribution in [2.75, 3.05) is 0 Å². The normalized spacial score (nSPS) is 16.2. The first-order valence-electron chi connectivity index (χ1n) is 6.04. The van der Waals surface area contributed by atoms with Crippen LogP contribution in [0.1, 0.15) is 40.5 Å². The maximum Gasteiger partial charge on any atom is 0.0686 e. The van der Waals surface area contributed by atoms with Crippen molar-refractivity contribution in [1.29, 1.82) is 0 Å². The second-order valence-electron chi connectivity index (χ2n) is 5.63. The van der Waals surface area contributed by atoms with Crippen molar-refractivity contribution in [3.05, 3.63) is 11.3 Å². The van der Waals surface area contributed by atoms with Gasteiger partial charge < -0.3 is 0 Å². The summed E-state index contributed by atoms with van der Waals surface area (Å²) in [4.78, 5) is 0. The molecule has 0 bridgehead atoms. The highest BCUT2D eigenvalue weighted by molar-refractivity contribution is 6.81. The van der Waals surface area contributed by atoms with Gasteiger partial charge in [0.25, 0.3) is 0 Å².